The van der Waals surface area contributed by atoms with Gasteiger partial charge < -0.3 is 4.98 Å². The molecule has 0 aliphatic carbocycles. The fourth-order valence-electron chi connectivity index (χ4n) is 3.67. The van der Waals surface area contributed by atoms with Crippen LogP contribution in [0.1, 0.15) is 30.0 Å². The number of nitrogens with one attached hydrogen (secondary N) is 1. The third-order valence-corrected chi connectivity index (χ3v) is 4.93. The number of rotatable bonds is 4. The van der Waals surface area contributed by atoms with Crippen LogP contribution in [0.3, 0.4) is 0 Å². The van der Waals surface area contributed by atoms with Gasteiger partial charge >= 0.3 is 0 Å². The van der Waals surface area contributed by atoms with Gasteiger partial charge in [-0.2, -0.15) is 0 Å². The molecule has 0 spiro atoms. The van der Waals surface area contributed by atoms with E-state index in [9.17, 15) is 9.18 Å². The van der Waals surface area contributed by atoms with Gasteiger partial charge in [0, 0.05) is 43.0 Å². The maximum Gasteiger partial charge on any atom is 0.251 e. The van der Waals surface area contributed by atoms with E-state index in [2.05, 4.69) is 14.9 Å². The van der Waals surface area contributed by atoms with Gasteiger partial charge in [0.2, 0.25) is 0 Å². The summed E-state index contributed by atoms with van der Waals surface area (Å²) in [4.78, 5) is 26.0. The van der Waals surface area contributed by atoms with Gasteiger partial charge in [-0.3, -0.25) is 14.7 Å². The zero-order valence-corrected chi connectivity index (χ0v) is 14.9. The molecule has 0 radical (unpaired) electrons. The van der Waals surface area contributed by atoms with Gasteiger partial charge in [0.15, 0.2) is 0 Å². The van der Waals surface area contributed by atoms with E-state index in [1.165, 1.54) is 6.07 Å². The van der Waals surface area contributed by atoms with E-state index in [0.717, 1.165) is 42.8 Å². The molecule has 0 saturated carbocycles. The second-order valence-corrected chi connectivity index (χ2v) is 6.96. The second-order valence-electron chi connectivity index (χ2n) is 6.96. The molecule has 2 aromatic heterocycles. The number of hydrogen-bond donors (Lipinski definition) is 1. The van der Waals surface area contributed by atoms with Crippen molar-refractivity contribution in [2.75, 3.05) is 13.1 Å². The first-order chi connectivity index (χ1) is 13.2. The van der Waals surface area contributed by atoms with Crippen LogP contribution < -0.4 is 5.56 Å². The number of aromatic nitrogens is 3. The summed E-state index contributed by atoms with van der Waals surface area (Å²) in [5.41, 5.74) is 2.48. The van der Waals surface area contributed by atoms with Crippen LogP contribution in [0.15, 0.2) is 59.7 Å². The fourth-order valence-corrected chi connectivity index (χ4v) is 3.67. The highest BCUT2D eigenvalue weighted by Gasteiger charge is 2.23. The van der Waals surface area contributed by atoms with Crippen molar-refractivity contribution in [1.82, 2.24) is 19.9 Å². The molecule has 4 rings (SSSR count). The minimum Gasteiger partial charge on any atom is -0.307 e. The molecule has 138 valence electrons. The number of likely N-dealkylation sites (tertiary alicyclic amines) is 1. The van der Waals surface area contributed by atoms with Gasteiger partial charge in [-0.25, -0.2) is 9.37 Å². The monoisotopic (exact) mass is 364 g/mol. The molecule has 0 amide bonds. The lowest BCUT2D eigenvalue weighted by Crippen LogP contribution is -2.34. The van der Waals surface area contributed by atoms with Gasteiger partial charge in [0.05, 0.1) is 5.69 Å². The van der Waals surface area contributed by atoms with Gasteiger partial charge in [-0.05, 0) is 49.2 Å². The number of halogens is 1. The third kappa shape index (κ3) is 4.28. The highest BCUT2D eigenvalue weighted by atomic mass is 19.1. The van der Waals surface area contributed by atoms with Crippen LogP contribution >= 0.6 is 0 Å². The molecule has 27 heavy (non-hydrogen) atoms. The zero-order valence-electron chi connectivity index (χ0n) is 14.9. The van der Waals surface area contributed by atoms with Gasteiger partial charge in [0.25, 0.3) is 5.56 Å². The highest BCUT2D eigenvalue weighted by Crippen LogP contribution is 2.27. The van der Waals surface area contributed by atoms with Gasteiger partial charge in [0.1, 0.15) is 11.6 Å². The molecule has 0 bridgehead atoms. The Morgan fingerprint density at radius 1 is 1.19 bits per heavy atom. The lowest BCUT2D eigenvalue weighted by Gasteiger charge is -2.32. The predicted octanol–water partition coefficient (Wildman–Crippen LogP) is 3.35. The van der Waals surface area contributed by atoms with Gasteiger partial charge in [-0.15, -0.1) is 0 Å². The van der Waals surface area contributed by atoms with Crippen LogP contribution in [0.4, 0.5) is 4.39 Å². The molecule has 6 heteroatoms. The fraction of sp³-hybridized carbons (Fsp3) is 0.286. The Morgan fingerprint density at radius 3 is 2.85 bits per heavy atom. The molecular weight excluding hydrogens is 343 g/mol. The Kier molecular flexibility index (Phi) is 5.07. The first-order valence-corrected chi connectivity index (χ1v) is 9.16. The van der Waals surface area contributed by atoms with Crippen molar-refractivity contribution in [3.63, 3.8) is 0 Å². The highest BCUT2D eigenvalue weighted by molar-refractivity contribution is 5.53. The summed E-state index contributed by atoms with van der Waals surface area (Å²) in [5, 5.41) is 0. The lowest BCUT2D eigenvalue weighted by atomic mass is 9.94. The molecule has 1 aliphatic heterocycles. The van der Waals surface area contributed by atoms with Crippen LogP contribution in [0.2, 0.25) is 0 Å². The molecule has 1 atom stereocenters. The lowest BCUT2D eigenvalue weighted by molar-refractivity contribution is 0.198. The number of nitrogens with zero attached hydrogens (tertiary/aromatic N) is 3. The maximum absolute atomic E-state index is 13.4. The molecule has 1 saturated heterocycles. The Bertz CT molecular complexity index is 973. The van der Waals surface area contributed by atoms with Crippen molar-refractivity contribution >= 4 is 0 Å². The minimum atomic E-state index is -0.209. The smallest absolute Gasteiger partial charge is 0.251 e. The molecule has 5 nitrogen and oxygen atoms in total. The van der Waals surface area contributed by atoms with Crippen LogP contribution in [0.5, 0.6) is 0 Å². The van der Waals surface area contributed by atoms with E-state index in [4.69, 9.17) is 4.98 Å². The van der Waals surface area contributed by atoms with Crippen molar-refractivity contribution in [2.24, 2.45) is 0 Å². The Hall–Kier alpha value is -2.86. The molecule has 1 aromatic carbocycles. The van der Waals surface area contributed by atoms with Gasteiger partial charge in [-0.1, -0.05) is 12.1 Å². The van der Waals surface area contributed by atoms with E-state index >= 15 is 0 Å². The Labute approximate surface area is 156 Å². The molecule has 0 unspecified atom stereocenters. The molecule has 1 aliphatic rings. The Balaban J connectivity index is 1.54. The molecular formula is C21H21FN4O. The van der Waals surface area contributed by atoms with Crippen molar-refractivity contribution in [1.29, 1.82) is 0 Å². The average Bonchev–Trinajstić information content (AvgIpc) is 2.68. The molecule has 3 aromatic rings. The largest absolute Gasteiger partial charge is 0.307 e. The summed E-state index contributed by atoms with van der Waals surface area (Å²) >= 11 is 0. The first kappa shape index (κ1) is 17.5. The van der Waals surface area contributed by atoms with Crippen LogP contribution in [-0.4, -0.2) is 32.9 Å². The quantitative estimate of drug-likeness (QED) is 0.771. The number of H-pyrrole nitrogens is 1. The number of piperidine rings is 1. The second kappa shape index (κ2) is 7.80. The Morgan fingerprint density at radius 2 is 2.04 bits per heavy atom. The first-order valence-electron chi connectivity index (χ1n) is 9.16. The normalized spacial score (nSPS) is 17.7. The predicted molar refractivity (Wildman–Crippen MR) is 102 cm³/mol. The standard InChI is InChI=1S/C21H21FN4O/c22-18-5-1-3-15(11-18)13-26-10-2-4-17(14-26)19-12-20(27)25-21(24-19)16-6-8-23-9-7-16/h1,3,5-9,11-12,17H,2,4,10,13-14H2,(H,24,25,27)/t17-/m1/s1. The number of aromatic amines is 1. The molecule has 3 heterocycles. The van der Waals surface area contributed by atoms with E-state index in [1.54, 1.807) is 30.6 Å². The summed E-state index contributed by atoms with van der Waals surface area (Å²) in [7, 11) is 0. The van der Waals surface area contributed by atoms with E-state index in [0.29, 0.717) is 12.4 Å². The number of hydrogen-bond acceptors (Lipinski definition) is 4. The SMILES string of the molecule is O=c1cc([C@@H]2CCCN(Cc3cccc(F)c3)C2)nc(-c2ccncc2)[nH]1. The summed E-state index contributed by atoms with van der Waals surface area (Å²) < 4.78 is 13.4. The summed E-state index contributed by atoms with van der Waals surface area (Å²) in [6.07, 6.45) is 5.39. The van der Waals surface area contributed by atoms with Crippen LogP contribution in [-0.2, 0) is 6.54 Å². The van der Waals surface area contributed by atoms with Crippen molar-refractivity contribution in [3.05, 3.63) is 82.3 Å². The molecule has 1 fully saturated rings. The minimum absolute atomic E-state index is 0.144. The van der Waals surface area contributed by atoms with Crippen molar-refractivity contribution in [3.8, 4) is 11.4 Å². The van der Waals surface area contributed by atoms with Crippen LogP contribution in [0, 0.1) is 5.82 Å². The van der Waals surface area contributed by atoms with Crippen molar-refractivity contribution < 1.29 is 4.39 Å². The van der Waals surface area contributed by atoms with Crippen LogP contribution in [0.25, 0.3) is 11.4 Å². The average molecular weight is 364 g/mol. The summed E-state index contributed by atoms with van der Waals surface area (Å²) in [6.45, 7) is 2.48. The number of pyridine rings is 1. The maximum atomic E-state index is 13.4. The number of benzene rings is 1. The zero-order chi connectivity index (χ0) is 18.6. The van der Waals surface area contributed by atoms with E-state index < -0.39 is 0 Å². The van der Waals surface area contributed by atoms with E-state index in [1.807, 2.05) is 18.2 Å². The van der Waals surface area contributed by atoms with E-state index in [-0.39, 0.29) is 17.3 Å². The third-order valence-electron chi connectivity index (χ3n) is 4.93. The summed E-state index contributed by atoms with van der Waals surface area (Å²) in [5.74, 6) is 0.552. The summed E-state index contributed by atoms with van der Waals surface area (Å²) in [6, 6.07) is 12.0. The van der Waals surface area contributed by atoms with Crippen molar-refractivity contribution in [2.45, 2.75) is 25.3 Å². The molecule has 1 N–H and O–H groups in total. The topological polar surface area (TPSA) is 61.9 Å².